The van der Waals surface area contributed by atoms with Crippen LogP contribution in [0.4, 0.5) is 4.39 Å². The first-order valence-corrected chi connectivity index (χ1v) is 6.62. The Kier molecular flexibility index (Phi) is 3.98. The molecule has 18 heavy (non-hydrogen) atoms. The van der Waals surface area contributed by atoms with Gasteiger partial charge in [0.15, 0.2) is 0 Å². The van der Waals surface area contributed by atoms with E-state index < -0.39 is 17.3 Å². The van der Waals surface area contributed by atoms with Gasteiger partial charge in [-0.25, -0.2) is 9.18 Å². The van der Waals surface area contributed by atoms with Crippen molar-refractivity contribution >= 4 is 33.2 Å². The molecule has 1 aromatic carbocycles. The van der Waals surface area contributed by atoms with Crippen molar-refractivity contribution in [2.24, 2.45) is 0 Å². The molecule has 94 valence electrons. The monoisotopic (exact) mass is 330 g/mol. The van der Waals surface area contributed by atoms with Crippen LogP contribution in [-0.2, 0) is 6.61 Å². The van der Waals surface area contributed by atoms with E-state index in [9.17, 15) is 9.18 Å². The Morgan fingerprint density at radius 3 is 2.89 bits per heavy atom. The lowest BCUT2D eigenvalue weighted by Crippen LogP contribution is -2.05. The van der Waals surface area contributed by atoms with E-state index in [1.165, 1.54) is 23.5 Å². The molecule has 1 heterocycles. The number of benzene rings is 1. The normalized spacial score (nSPS) is 10.3. The maximum atomic E-state index is 13.4. The van der Waals surface area contributed by atoms with Crippen molar-refractivity contribution < 1.29 is 19.0 Å². The fourth-order valence-corrected chi connectivity index (χ4v) is 2.61. The summed E-state index contributed by atoms with van der Waals surface area (Å²) < 4.78 is 19.7. The van der Waals surface area contributed by atoms with Gasteiger partial charge in [0.25, 0.3) is 0 Å². The predicted molar refractivity (Wildman–Crippen MR) is 69.7 cm³/mol. The maximum absolute atomic E-state index is 13.4. The average Bonchev–Trinajstić information content (AvgIpc) is 2.72. The van der Waals surface area contributed by atoms with Crippen LogP contribution in [-0.4, -0.2) is 11.1 Å². The highest BCUT2D eigenvalue weighted by Gasteiger charge is 2.16. The number of carboxylic acids is 1. The molecular formula is C12H8BrFO3S. The molecule has 0 fully saturated rings. The van der Waals surface area contributed by atoms with E-state index >= 15 is 0 Å². The van der Waals surface area contributed by atoms with Gasteiger partial charge in [-0.15, -0.1) is 11.3 Å². The number of hydrogen-bond acceptors (Lipinski definition) is 3. The number of thiophene rings is 1. The van der Waals surface area contributed by atoms with Crippen molar-refractivity contribution in [1.29, 1.82) is 0 Å². The van der Waals surface area contributed by atoms with Crippen LogP contribution < -0.4 is 4.74 Å². The zero-order valence-corrected chi connectivity index (χ0v) is 11.4. The van der Waals surface area contributed by atoms with Crippen LogP contribution in [0.1, 0.15) is 15.9 Å². The molecule has 0 saturated carbocycles. The number of aromatic carboxylic acids is 1. The molecular weight excluding hydrogens is 323 g/mol. The smallest absolute Gasteiger partial charge is 0.342 e. The van der Waals surface area contributed by atoms with Crippen molar-refractivity contribution in [3.8, 4) is 5.75 Å². The quantitative estimate of drug-likeness (QED) is 0.923. The molecule has 0 amide bonds. The molecule has 0 aliphatic rings. The van der Waals surface area contributed by atoms with Gasteiger partial charge in [-0.3, -0.25) is 0 Å². The molecule has 0 radical (unpaired) electrons. The molecule has 2 aromatic rings. The number of halogens is 2. The fraction of sp³-hybridized carbons (Fsp3) is 0.0833. The summed E-state index contributed by atoms with van der Waals surface area (Å²) in [7, 11) is 0. The minimum atomic E-state index is -1.34. The minimum absolute atomic E-state index is 0.0322. The van der Waals surface area contributed by atoms with Crippen LogP contribution >= 0.6 is 27.3 Å². The Hall–Kier alpha value is -1.40. The van der Waals surface area contributed by atoms with Gasteiger partial charge >= 0.3 is 5.97 Å². The van der Waals surface area contributed by atoms with E-state index in [4.69, 9.17) is 9.84 Å². The highest BCUT2D eigenvalue weighted by atomic mass is 79.9. The number of carbonyl (C=O) groups is 1. The summed E-state index contributed by atoms with van der Waals surface area (Å²) in [5.41, 5.74) is 0.458. The van der Waals surface area contributed by atoms with Gasteiger partial charge in [0, 0.05) is 5.56 Å². The first-order valence-electron chi connectivity index (χ1n) is 4.95. The molecule has 0 aliphatic heterocycles. The molecule has 0 saturated heterocycles. The van der Waals surface area contributed by atoms with Gasteiger partial charge < -0.3 is 9.84 Å². The Bertz CT molecular complexity index is 582. The standard InChI is InChI=1S/C12H8BrFO3S/c13-10-4-7(6-18-10)5-17-9-3-1-2-8(14)11(9)12(15)16/h1-4,6H,5H2,(H,15,16). The third-order valence-corrected chi connectivity index (χ3v) is 3.76. The Balaban J connectivity index is 2.19. The largest absolute Gasteiger partial charge is 0.488 e. The Morgan fingerprint density at radius 2 is 2.28 bits per heavy atom. The van der Waals surface area contributed by atoms with Gasteiger partial charge in [-0.2, -0.15) is 0 Å². The summed E-state index contributed by atoms with van der Waals surface area (Å²) in [5.74, 6) is -2.11. The van der Waals surface area contributed by atoms with Gasteiger partial charge in [-0.05, 0) is 39.5 Å². The van der Waals surface area contributed by atoms with E-state index in [1.54, 1.807) is 0 Å². The lowest BCUT2D eigenvalue weighted by atomic mass is 10.2. The fourth-order valence-electron chi connectivity index (χ4n) is 1.41. The van der Waals surface area contributed by atoms with E-state index in [0.29, 0.717) is 0 Å². The molecule has 1 N–H and O–H groups in total. The van der Waals surface area contributed by atoms with E-state index in [0.717, 1.165) is 15.4 Å². The summed E-state index contributed by atoms with van der Waals surface area (Å²) in [6.07, 6.45) is 0. The molecule has 0 atom stereocenters. The summed E-state index contributed by atoms with van der Waals surface area (Å²) in [4.78, 5) is 10.9. The Labute approximate surface area is 115 Å². The van der Waals surface area contributed by atoms with E-state index in [2.05, 4.69) is 15.9 Å². The third-order valence-electron chi connectivity index (χ3n) is 2.21. The third kappa shape index (κ3) is 2.88. The first-order chi connectivity index (χ1) is 8.58. The molecule has 3 nitrogen and oxygen atoms in total. The number of ether oxygens (including phenoxy) is 1. The molecule has 6 heteroatoms. The van der Waals surface area contributed by atoms with E-state index in [-0.39, 0.29) is 12.4 Å². The molecule has 0 spiro atoms. The zero-order valence-electron chi connectivity index (χ0n) is 9.02. The molecule has 0 bridgehead atoms. The summed E-state index contributed by atoms with van der Waals surface area (Å²) >= 11 is 4.82. The lowest BCUT2D eigenvalue weighted by molar-refractivity contribution is 0.0686. The number of hydrogen-bond donors (Lipinski definition) is 1. The summed E-state index contributed by atoms with van der Waals surface area (Å²) in [6.45, 7) is 0.200. The van der Waals surface area contributed by atoms with Crippen LogP contribution in [0.15, 0.2) is 33.4 Å². The SMILES string of the molecule is O=C(O)c1c(F)cccc1OCc1csc(Br)c1. The predicted octanol–water partition coefficient (Wildman–Crippen LogP) is 3.93. The molecule has 1 aromatic heterocycles. The van der Waals surface area contributed by atoms with Crippen LogP contribution in [0, 0.1) is 5.82 Å². The lowest BCUT2D eigenvalue weighted by Gasteiger charge is -2.08. The summed E-state index contributed by atoms with van der Waals surface area (Å²) in [5, 5.41) is 10.8. The molecule has 0 aliphatic carbocycles. The molecule has 0 unspecified atom stereocenters. The second-order valence-electron chi connectivity index (χ2n) is 3.47. The van der Waals surface area contributed by atoms with Crippen molar-refractivity contribution in [3.63, 3.8) is 0 Å². The van der Waals surface area contributed by atoms with Crippen molar-refractivity contribution in [3.05, 3.63) is 50.4 Å². The highest BCUT2D eigenvalue weighted by molar-refractivity contribution is 9.11. The number of rotatable bonds is 4. The van der Waals surface area contributed by atoms with E-state index in [1.807, 2.05) is 11.4 Å². The average molecular weight is 331 g/mol. The summed E-state index contributed by atoms with van der Waals surface area (Å²) in [6, 6.07) is 5.82. The van der Waals surface area contributed by atoms with Gasteiger partial charge in [0.2, 0.25) is 0 Å². The van der Waals surface area contributed by atoms with Crippen molar-refractivity contribution in [2.45, 2.75) is 6.61 Å². The van der Waals surface area contributed by atoms with Crippen LogP contribution in [0.5, 0.6) is 5.75 Å². The first kappa shape index (κ1) is 13.0. The minimum Gasteiger partial charge on any atom is -0.488 e. The second-order valence-corrected chi connectivity index (χ2v) is 5.76. The second kappa shape index (κ2) is 5.49. The van der Waals surface area contributed by atoms with Crippen molar-refractivity contribution in [2.75, 3.05) is 0 Å². The van der Waals surface area contributed by atoms with Crippen LogP contribution in [0.25, 0.3) is 0 Å². The zero-order chi connectivity index (χ0) is 13.1. The Morgan fingerprint density at radius 1 is 1.50 bits per heavy atom. The highest BCUT2D eigenvalue weighted by Crippen LogP contribution is 2.25. The molecule has 2 rings (SSSR count). The number of carboxylic acid groups (broad SMARTS) is 1. The topological polar surface area (TPSA) is 46.5 Å². The maximum Gasteiger partial charge on any atom is 0.342 e. The van der Waals surface area contributed by atoms with Crippen molar-refractivity contribution in [1.82, 2.24) is 0 Å². The van der Waals surface area contributed by atoms with Crippen LogP contribution in [0.2, 0.25) is 0 Å². The van der Waals surface area contributed by atoms with Gasteiger partial charge in [-0.1, -0.05) is 6.07 Å². The van der Waals surface area contributed by atoms with Gasteiger partial charge in [0.05, 0.1) is 3.79 Å². The van der Waals surface area contributed by atoms with Gasteiger partial charge in [0.1, 0.15) is 23.7 Å². The van der Waals surface area contributed by atoms with Crippen LogP contribution in [0.3, 0.4) is 0 Å².